The summed E-state index contributed by atoms with van der Waals surface area (Å²) in [7, 11) is 0. The third-order valence-corrected chi connectivity index (χ3v) is 2.23. The van der Waals surface area contributed by atoms with E-state index in [-0.39, 0.29) is 0 Å². The Hall–Kier alpha value is -0.460. The summed E-state index contributed by atoms with van der Waals surface area (Å²) in [6.07, 6.45) is 4.08. The van der Waals surface area contributed by atoms with Crippen LogP contribution in [0.4, 0.5) is 0 Å². The summed E-state index contributed by atoms with van der Waals surface area (Å²) in [4.78, 5) is 0. The molecule has 1 rings (SSSR count). The van der Waals surface area contributed by atoms with E-state index in [1.165, 1.54) is 0 Å². The molecule has 0 radical (unpaired) electrons. The summed E-state index contributed by atoms with van der Waals surface area (Å²) < 4.78 is 0. The fourth-order valence-electron chi connectivity index (χ4n) is 1.60. The molecule has 0 aromatic heterocycles. The van der Waals surface area contributed by atoms with Gasteiger partial charge in [0.1, 0.15) is 0 Å². The monoisotopic (exact) mass is 140 g/mol. The second kappa shape index (κ2) is 2.30. The average molecular weight is 140 g/mol. The molecule has 0 saturated carbocycles. The van der Waals surface area contributed by atoms with Crippen LogP contribution >= 0.6 is 0 Å². The summed E-state index contributed by atoms with van der Waals surface area (Å²) in [5.74, 6) is 0.947. The molecule has 1 aliphatic rings. The molecule has 0 aliphatic heterocycles. The molecular weight excluding hydrogens is 124 g/mol. The Labute approximate surface area is 62.8 Å². The molecule has 1 unspecified atom stereocenters. The maximum Gasteiger partial charge on any atom is 0.0911 e. The minimum absolute atomic E-state index is 0.365. The van der Waals surface area contributed by atoms with E-state index in [9.17, 15) is 5.11 Å². The van der Waals surface area contributed by atoms with E-state index in [2.05, 4.69) is 20.8 Å². The molecule has 0 aromatic carbocycles. The molecule has 0 spiro atoms. The third kappa shape index (κ3) is 1.53. The van der Waals surface area contributed by atoms with Crippen molar-refractivity contribution in [3.63, 3.8) is 0 Å². The number of hydrogen-bond acceptors (Lipinski definition) is 1. The van der Waals surface area contributed by atoms with Crippen molar-refractivity contribution in [2.45, 2.75) is 33.6 Å². The molecular formula is C9H16O. The van der Waals surface area contributed by atoms with Gasteiger partial charge in [-0.05, 0) is 24.3 Å². The molecule has 0 amide bonds. The van der Waals surface area contributed by atoms with Gasteiger partial charge in [-0.1, -0.05) is 20.8 Å². The van der Waals surface area contributed by atoms with Gasteiger partial charge in [-0.3, -0.25) is 0 Å². The van der Waals surface area contributed by atoms with Gasteiger partial charge in [0.15, 0.2) is 0 Å². The van der Waals surface area contributed by atoms with Crippen molar-refractivity contribution in [1.82, 2.24) is 0 Å². The van der Waals surface area contributed by atoms with Gasteiger partial charge in [0.05, 0.1) is 5.76 Å². The largest absolute Gasteiger partial charge is 0.512 e. The first kappa shape index (κ1) is 7.64. The van der Waals surface area contributed by atoms with Crippen molar-refractivity contribution in [2.24, 2.45) is 11.3 Å². The topological polar surface area (TPSA) is 20.2 Å². The van der Waals surface area contributed by atoms with Gasteiger partial charge in [0, 0.05) is 5.92 Å². The zero-order valence-electron chi connectivity index (χ0n) is 7.02. The zero-order valence-corrected chi connectivity index (χ0v) is 7.02. The van der Waals surface area contributed by atoms with Crippen LogP contribution in [0.3, 0.4) is 0 Å². The lowest BCUT2D eigenvalue weighted by Crippen LogP contribution is -2.20. The smallest absolute Gasteiger partial charge is 0.0911 e. The van der Waals surface area contributed by atoms with Gasteiger partial charge < -0.3 is 5.11 Å². The second-order valence-corrected chi connectivity index (χ2v) is 4.10. The van der Waals surface area contributed by atoms with Crippen LogP contribution in [-0.4, -0.2) is 5.11 Å². The lowest BCUT2D eigenvalue weighted by atomic mass is 9.76. The first-order chi connectivity index (χ1) is 4.51. The Morgan fingerprint density at radius 1 is 1.60 bits per heavy atom. The Morgan fingerprint density at radius 3 is 2.60 bits per heavy atom. The van der Waals surface area contributed by atoms with Crippen molar-refractivity contribution < 1.29 is 5.11 Å². The fraction of sp³-hybridized carbons (Fsp3) is 0.778. The molecule has 1 aliphatic carbocycles. The Balaban J connectivity index is 2.69. The summed E-state index contributed by atoms with van der Waals surface area (Å²) in [5.41, 5.74) is 0.394. The van der Waals surface area contributed by atoms with Crippen molar-refractivity contribution in [3.05, 3.63) is 11.8 Å². The second-order valence-electron chi connectivity index (χ2n) is 4.10. The van der Waals surface area contributed by atoms with Crippen molar-refractivity contribution in [3.8, 4) is 0 Å². The fourth-order valence-corrected chi connectivity index (χ4v) is 1.60. The number of aliphatic hydroxyl groups excluding tert-OH is 1. The number of hydrogen-bond donors (Lipinski definition) is 1. The highest BCUT2D eigenvalue weighted by molar-refractivity contribution is 5.03. The number of rotatable bonds is 0. The van der Waals surface area contributed by atoms with Gasteiger partial charge in [-0.15, -0.1) is 0 Å². The predicted octanol–water partition coefficient (Wildman–Crippen LogP) is 2.88. The predicted molar refractivity (Wildman–Crippen MR) is 42.9 cm³/mol. The quantitative estimate of drug-likeness (QED) is 0.548. The molecule has 1 atom stereocenters. The first-order valence-corrected chi connectivity index (χ1v) is 3.90. The minimum Gasteiger partial charge on any atom is -0.512 e. The van der Waals surface area contributed by atoms with Crippen LogP contribution in [0.25, 0.3) is 0 Å². The standard InChI is InChI=1S/C9H16O/c1-7-6-9(2,3)5-4-8(7)10/h4,7,10H,5-6H2,1-3H3. The summed E-state index contributed by atoms with van der Waals surface area (Å²) >= 11 is 0. The van der Waals surface area contributed by atoms with Gasteiger partial charge in [-0.2, -0.15) is 0 Å². The first-order valence-electron chi connectivity index (χ1n) is 3.90. The van der Waals surface area contributed by atoms with Crippen LogP contribution in [-0.2, 0) is 0 Å². The molecule has 0 heterocycles. The molecule has 0 saturated heterocycles. The molecule has 10 heavy (non-hydrogen) atoms. The Kier molecular flexibility index (Phi) is 1.76. The van der Waals surface area contributed by atoms with Crippen LogP contribution in [0.1, 0.15) is 33.6 Å². The number of allylic oxidation sites excluding steroid dienone is 2. The van der Waals surface area contributed by atoms with E-state index < -0.39 is 0 Å². The Morgan fingerprint density at radius 2 is 2.20 bits per heavy atom. The van der Waals surface area contributed by atoms with Gasteiger partial charge in [0.25, 0.3) is 0 Å². The normalized spacial score (nSPS) is 31.5. The summed E-state index contributed by atoms with van der Waals surface area (Å²) in [6, 6.07) is 0. The Bertz CT molecular complexity index is 156. The minimum atomic E-state index is 0.365. The molecule has 0 fully saturated rings. The van der Waals surface area contributed by atoms with Crippen LogP contribution in [0, 0.1) is 11.3 Å². The highest BCUT2D eigenvalue weighted by Crippen LogP contribution is 2.36. The lowest BCUT2D eigenvalue weighted by molar-refractivity contribution is 0.217. The van der Waals surface area contributed by atoms with E-state index in [0.29, 0.717) is 17.1 Å². The van der Waals surface area contributed by atoms with Crippen LogP contribution < -0.4 is 0 Å². The lowest BCUT2D eigenvalue weighted by Gasteiger charge is -2.30. The van der Waals surface area contributed by atoms with E-state index in [0.717, 1.165) is 12.8 Å². The highest BCUT2D eigenvalue weighted by Gasteiger charge is 2.26. The molecule has 0 aromatic rings. The molecule has 1 N–H and O–H groups in total. The van der Waals surface area contributed by atoms with Gasteiger partial charge >= 0.3 is 0 Å². The van der Waals surface area contributed by atoms with Gasteiger partial charge in [-0.25, -0.2) is 0 Å². The average Bonchev–Trinajstić information content (AvgIpc) is 1.79. The van der Waals surface area contributed by atoms with E-state index >= 15 is 0 Å². The molecule has 58 valence electrons. The number of aliphatic hydroxyl groups is 1. The van der Waals surface area contributed by atoms with E-state index in [1.54, 1.807) is 0 Å². The van der Waals surface area contributed by atoms with E-state index in [1.807, 2.05) is 6.08 Å². The zero-order chi connectivity index (χ0) is 7.78. The molecule has 0 bridgehead atoms. The van der Waals surface area contributed by atoms with Crippen molar-refractivity contribution >= 4 is 0 Å². The molecule has 1 nitrogen and oxygen atoms in total. The third-order valence-electron chi connectivity index (χ3n) is 2.23. The SMILES string of the molecule is CC1CC(C)(C)CC=C1O. The maximum absolute atomic E-state index is 9.27. The van der Waals surface area contributed by atoms with Crippen molar-refractivity contribution in [1.29, 1.82) is 0 Å². The molecule has 1 heteroatoms. The maximum atomic E-state index is 9.27. The highest BCUT2D eigenvalue weighted by atomic mass is 16.3. The van der Waals surface area contributed by atoms with Crippen LogP contribution in [0.2, 0.25) is 0 Å². The summed E-state index contributed by atoms with van der Waals surface area (Å²) in [6.45, 7) is 6.56. The van der Waals surface area contributed by atoms with Gasteiger partial charge in [0.2, 0.25) is 0 Å². The van der Waals surface area contributed by atoms with Crippen molar-refractivity contribution in [2.75, 3.05) is 0 Å². The van der Waals surface area contributed by atoms with Crippen LogP contribution in [0.5, 0.6) is 0 Å². The van der Waals surface area contributed by atoms with Crippen LogP contribution in [0.15, 0.2) is 11.8 Å². The summed E-state index contributed by atoms with van der Waals surface area (Å²) in [5, 5.41) is 9.27. The van der Waals surface area contributed by atoms with E-state index in [4.69, 9.17) is 0 Å².